The van der Waals surface area contributed by atoms with Gasteiger partial charge in [0.05, 0.1) is 11.3 Å². The van der Waals surface area contributed by atoms with Gasteiger partial charge in [-0.3, -0.25) is 24.6 Å². The van der Waals surface area contributed by atoms with Gasteiger partial charge in [-0.1, -0.05) is 35.0 Å². The standard InChI is InChI=1S/C22H22Cl2N8O8S3/c1-22(2,3)40-21(39)27-19-25-9(7-42-19)11(14(23)24)15(35)26-12-16(36)32-13(18(37)38)8(5-41-17(12)32)6-43-20-28-29-30-31(20)4-10(33)34/h7,12,17H,4-6H2,1-3H3,(H,26,35)(H,33,34)(H,37,38)(H,25,27,39)/t12?,17-/m0/s1. The van der Waals surface area contributed by atoms with Crippen LogP contribution in [-0.2, 0) is 30.5 Å². The lowest BCUT2D eigenvalue weighted by Gasteiger charge is -2.49. The minimum atomic E-state index is -1.35. The molecule has 2 aromatic heterocycles. The van der Waals surface area contributed by atoms with Crippen molar-refractivity contribution in [2.24, 2.45) is 0 Å². The van der Waals surface area contributed by atoms with E-state index in [0.717, 1.165) is 32.7 Å². The number of hydrogen-bond acceptors (Lipinski definition) is 13. The molecule has 16 nitrogen and oxygen atoms in total. The second-order valence-corrected chi connectivity index (χ2v) is 13.6. The van der Waals surface area contributed by atoms with Crippen molar-refractivity contribution in [1.82, 2.24) is 35.4 Å². The Morgan fingerprint density at radius 1 is 1.23 bits per heavy atom. The molecule has 0 aromatic carbocycles. The molecule has 1 fully saturated rings. The third kappa shape index (κ3) is 7.58. The lowest BCUT2D eigenvalue weighted by atomic mass is 10.0. The first-order valence-electron chi connectivity index (χ1n) is 12.0. The summed E-state index contributed by atoms with van der Waals surface area (Å²) in [7, 11) is 0. The zero-order valence-electron chi connectivity index (χ0n) is 22.4. The average Bonchev–Trinajstić information content (AvgIpc) is 3.52. The zero-order valence-corrected chi connectivity index (χ0v) is 26.3. The largest absolute Gasteiger partial charge is 0.480 e. The number of carbonyl (C=O) groups excluding carboxylic acids is 3. The lowest BCUT2D eigenvalue weighted by Crippen LogP contribution is -2.70. The molecule has 2 aliphatic heterocycles. The Bertz CT molecular complexity index is 1550. The van der Waals surface area contributed by atoms with Crippen molar-refractivity contribution in [3.63, 3.8) is 0 Å². The summed E-state index contributed by atoms with van der Waals surface area (Å²) in [4.78, 5) is 66.8. The van der Waals surface area contributed by atoms with Crippen molar-refractivity contribution in [2.45, 2.75) is 49.5 Å². The van der Waals surface area contributed by atoms with E-state index in [2.05, 4.69) is 31.1 Å². The van der Waals surface area contributed by atoms with E-state index in [4.69, 9.17) is 33.0 Å². The molecule has 4 rings (SSSR count). The number of anilines is 1. The van der Waals surface area contributed by atoms with Crippen molar-refractivity contribution in [2.75, 3.05) is 16.8 Å². The molecule has 1 saturated heterocycles. The zero-order chi connectivity index (χ0) is 31.6. The van der Waals surface area contributed by atoms with Crippen LogP contribution in [0.1, 0.15) is 26.5 Å². The van der Waals surface area contributed by atoms with Crippen LogP contribution in [0.15, 0.2) is 26.3 Å². The molecular formula is C22H22Cl2N8O8S3. The van der Waals surface area contributed by atoms with Crippen molar-refractivity contribution >= 4 is 98.6 Å². The van der Waals surface area contributed by atoms with E-state index in [-0.39, 0.29) is 38.8 Å². The van der Waals surface area contributed by atoms with Gasteiger partial charge in [0.15, 0.2) is 5.13 Å². The smallest absolute Gasteiger partial charge is 0.413 e. The summed E-state index contributed by atoms with van der Waals surface area (Å²) in [5.74, 6) is -3.74. The van der Waals surface area contributed by atoms with Crippen molar-refractivity contribution in [3.8, 4) is 0 Å². The van der Waals surface area contributed by atoms with E-state index < -0.39 is 57.9 Å². The number of thioether (sulfide) groups is 2. The Morgan fingerprint density at radius 3 is 2.58 bits per heavy atom. The van der Waals surface area contributed by atoms with Crippen molar-refractivity contribution < 1.29 is 38.9 Å². The molecule has 0 saturated carbocycles. The fraction of sp³-hybridized carbons (Fsp3) is 0.409. The normalized spacial score (nSPS) is 18.0. The van der Waals surface area contributed by atoms with Crippen LogP contribution >= 0.6 is 58.1 Å². The number of halogens is 2. The maximum Gasteiger partial charge on any atom is 0.413 e. The number of amides is 3. The van der Waals surface area contributed by atoms with Crippen LogP contribution in [0.4, 0.5) is 9.93 Å². The second-order valence-electron chi connectivity index (χ2n) is 9.72. The van der Waals surface area contributed by atoms with Crippen molar-refractivity contribution in [1.29, 1.82) is 0 Å². The maximum atomic E-state index is 13.2. The summed E-state index contributed by atoms with van der Waals surface area (Å²) >= 11 is 15.2. The molecule has 2 atom stereocenters. The van der Waals surface area contributed by atoms with Crippen LogP contribution in [0.2, 0.25) is 0 Å². The summed E-state index contributed by atoms with van der Waals surface area (Å²) < 4.78 is 5.79. The van der Waals surface area contributed by atoms with E-state index in [1.165, 1.54) is 17.1 Å². The topological polar surface area (TPSA) is 219 Å². The molecule has 0 bridgehead atoms. The summed E-state index contributed by atoms with van der Waals surface area (Å²) in [6.07, 6.45) is -0.756. The summed E-state index contributed by atoms with van der Waals surface area (Å²) in [6, 6.07) is -1.09. The second kappa shape index (κ2) is 13.1. The molecular weight excluding hydrogens is 671 g/mol. The number of hydrogen-bond donors (Lipinski definition) is 4. The third-order valence-corrected chi connectivity index (χ3v) is 9.00. The highest BCUT2D eigenvalue weighted by Gasteiger charge is 2.54. The molecule has 4 heterocycles. The SMILES string of the molecule is CC(C)(C)OC(=O)Nc1nc(C(C(=O)NC2C(=O)N3C(C(=O)O)=C(CSc4nnnn4CC(=O)O)CS[C@@H]23)=C(Cl)Cl)cs1. The Morgan fingerprint density at radius 2 is 1.95 bits per heavy atom. The predicted molar refractivity (Wildman–Crippen MR) is 156 cm³/mol. The monoisotopic (exact) mass is 692 g/mol. The van der Waals surface area contributed by atoms with Crippen LogP contribution in [0.25, 0.3) is 5.57 Å². The minimum absolute atomic E-state index is 0.0316. The Hall–Kier alpha value is -3.39. The number of ether oxygens (including phenoxy) is 1. The van der Waals surface area contributed by atoms with Gasteiger partial charge in [-0.25, -0.2) is 19.3 Å². The van der Waals surface area contributed by atoms with Crippen LogP contribution in [0.3, 0.4) is 0 Å². The number of fused-ring (bicyclic) bond motifs is 1. The van der Waals surface area contributed by atoms with Gasteiger partial charge in [0.2, 0.25) is 5.16 Å². The van der Waals surface area contributed by atoms with Crippen LogP contribution in [-0.4, -0.2) is 98.7 Å². The van der Waals surface area contributed by atoms with Gasteiger partial charge in [0.1, 0.15) is 33.8 Å². The lowest BCUT2D eigenvalue weighted by molar-refractivity contribution is -0.150. The molecule has 2 aliphatic rings. The summed E-state index contributed by atoms with van der Waals surface area (Å²) in [5, 5.41) is 35.7. The summed E-state index contributed by atoms with van der Waals surface area (Å²) in [6.45, 7) is 4.60. The number of carbonyl (C=O) groups is 5. The number of nitrogens with one attached hydrogen (secondary N) is 2. The Balaban J connectivity index is 1.45. The highest BCUT2D eigenvalue weighted by atomic mass is 35.5. The highest BCUT2D eigenvalue weighted by Crippen LogP contribution is 2.42. The first-order valence-corrected chi connectivity index (χ1v) is 15.7. The number of carboxylic acid groups (broad SMARTS) is 2. The van der Waals surface area contributed by atoms with E-state index in [1.807, 2.05) is 0 Å². The van der Waals surface area contributed by atoms with Crippen LogP contribution in [0, 0.1) is 0 Å². The third-order valence-electron chi connectivity index (χ3n) is 5.48. The predicted octanol–water partition coefficient (Wildman–Crippen LogP) is 2.24. The molecule has 2 aromatic rings. The number of aromatic nitrogens is 5. The number of tetrazole rings is 1. The number of nitrogens with zero attached hydrogens (tertiary/aromatic N) is 6. The Labute approximate surface area is 265 Å². The molecule has 230 valence electrons. The molecule has 3 amide bonds. The number of thiazole rings is 1. The number of rotatable bonds is 10. The van der Waals surface area contributed by atoms with E-state index in [9.17, 15) is 29.1 Å². The molecule has 4 N–H and O–H groups in total. The quantitative estimate of drug-likeness (QED) is 0.159. The van der Waals surface area contributed by atoms with E-state index in [1.54, 1.807) is 20.8 Å². The van der Waals surface area contributed by atoms with Crippen molar-refractivity contribution in [3.05, 3.63) is 26.8 Å². The molecule has 1 unspecified atom stereocenters. The minimum Gasteiger partial charge on any atom is -0.480 e. The Kier molecular flexibility index (Phi) is 9.90. The molecule has 0 aliphatic carbocycles. The first-order chi connectivity index (χ1) is 20.2. The molecule has 21 heteroatoms. The average molecular weight is 694 g/mol. The summed E-state index contributed by atoms with van der Waals surface area (Å²) in [5.41, 5.74) is -0.825. The molecule has 43 heavy (non-hydrogen) atoms. The van der Waals surface area contributed by atoms with Gasteiger partial charge < -0.3 is 20.3 Å². The number of β-lactam (4-membered cyclic amide) rings is 1. The fourth-order valence-electron chi connectivity index (χ4n) is 3.82. The molecule has 0 radical (unpaired) electrons. The van der Waals surface area contributed by atoms with Gasteiger partial charge in [-0.2, -0.15) is 0 Å². The number of aliphatic carboxylic acids is 2. The van der Waals surface area contributed by atoms with Crippen LogP contribution in [0.5, 0.6) is 0 Å². The van der Waals surface area contributed by atoms with E-state index >= 15 is 0 Å². The van der Waals surface area contributed by atoms with Gasteiger partial charge in [0.25, 0.3) is 11.8 Å². The maximum absolute atomic E-state index is 13.2. The number of carboxylic acids is 2. The van der Waals surface area contributed by atoms with Gasteiger partial charge in [0, 0.05) is 16.9 Å². The van der Waals surface area contributed by atoms with Gasteiger partial charge >= 0.3 is 18.0 Å². The van der Waals surface area contributed by atoms with Gasteiger partial charge in [-0.05, 0) is 36.8 Å². The fourth-order valence-corrected chi connectivity index (χ4v) is 7.24. The van der Waals surface area contributed by atoms with Gasteiger partial charge in [-0.15, -0.1) is 28.2 Å². The van der Waals surface area contributed by atoms with E-state index in [0.29, 0.717) is 5.57 Å². The van der Waals surface area contributed by atoms with Crippen LogP contribution < -0.4 is 10.6 Å². The highest BCUT2D eigenvalue weighted by molar-refractivity contribution is 8.01. The molecule has 0 spiro atoms. The first kappa shape index (κ1) is 32.5.